The molecule has 0 spiro atoms. The second kappa shape index (κ2) is 17.8. The van der Waals surface area contributed by atoms with Crippen molar-refractivity contribution in [1.29, 1.82) is 0 Å². The van der Waals surface area contributed by atoms with Gasteiger partial charge in [-0.2, -0.15) is 0 Å². The van der Waals surface area contributed by atoms with E-state index in [-0.39, 0.29) is 0 Å². The molecule has 0 saturated carbocycles. The zero-order valence-electron chi connectivity index (χ0n) is 17.9. The molecule has 0 amide bonds. The summed E-state index contributed by atoms with van der Waals surface area (Å²) >= 11 is 0. The Bertz CT molecular complexity index is 319. The molecule has 0 aliphatic carbocycles. The largest absolute Gasteiger partial charge is 0.480 e. The van der Waals surface area contributed by atoms with Gasteiger partial charge in [0.15, 0.2) is 0 Å². The van der Waals surface area contributed by atoms with E-state index in [2.05, 4.69) is 13.8 Å². The van der Waals surface area contributed by atoms with Crippen molar-refractivity contribution in [3.63, 3.8) is 0 Å². The molecular formula is C23H47NO2. The number of aliphatic carboxylic acids is 1. The summed E-state index contributed by atoms with van der Waals surface area (Å²) in [5.41, 5.74) is 5.22. The molecule has 0 saturated heterocycles. The maximum absolute atomic E-state index is 11.6. The Balaban J connectivity index is 3.70. The van der Waals surface area contributed by atoms with Crippen molar-refractivity contribution in [2.75, 3.05) is 0 Å². The van der Waals surface area contributed by atoms with Crippen LogP contribution < -0.4 is 5.73 Å². The van der Waals surface area contributed by atoms with Crippen LogP contribution in [0.25, 0.3) is 0 Å². The van der Waals surface area contributed by atoms with Crippen LogP contribution in [0.2, 0.25) is 0 Å². The number of carboxylic acids is 1. The molecule has 3 nitrogen and oxygen atoms in total. The highest BCUT2D eigenvalue weighted by molar-refractivity contribution is 5.78. The van der Waals surface area contributed by atoms with Crippen LogP contribution in [0.15, 0.2) is 0 Å². The summed E-state index contributed by atoms with van der Waals surface area (Å²) in [5.74, 6) is -0.806. The normalized spacial score (nSPS) is 13.7. The minimum Gasteiger partial charge on any atom is -0.480 e. The number of unbranched alkanes of at least 4 members (excludes halogenated alkanes) is 15. The fourth-order valence-electron chi connectivity index (χ4n) is 3.66. The first-order valence-electron chi connectivity index (χ1n) is 11.6. The van der Waals surface area contributed by atoms with Gasteiger partial charge < -0.3 is 10.8 Å². The Morgan fingerprint density at radius 2 is 0.885 bits per heavy atom. The van der Waals surface area contributed by atoms with Crippen molar-refractivity contribution in [3.8, 4) is 0 Å². The molecule has 0 aromatic carbocycles. The quantitative estimate of drug-likeness (QED) is 0.223. The summed E-state index contributed by atoms with van der Waals surface area (Å²) in [6, 6.07) is 0. The Labute approximate surface area is 163 Å². The molecule has 0 aliphatic rings. The summed E-state index contributed by atoms with van der Waals surface area (Å²) in [6.45, 7) is 4.48. The van der Waals surface area contributed by atoms with E-state index in [1.807, 2.05) is 0 Å². The minimum absolute atomic E-state index is 0.633. The predicted molar refractivity (Wildman–Crippen MR) is 114 cm³/mol. The van der Waals surface area contributed by atoms with Gasteiger partial charge >= 0.3 is 5.97 Å². The molecular weight excluding hydrogens is 322 g/mol. The van der Waals surface area contributed by atoms with Gasteiger partial charge in [-0.05, 0) is 12.8 Å². The van der Waals surface area contributed by atoms with Gasteiger partial charge in [-0.1, -0.05) is 123 Å². The van der Waals surface area contributed by atoms with Crippen LogP contribution in [0.5, 0.6) is 0 Å². The molecule has 0 rings (SSSR count). The summed E-state index contributed by atoms with van der Waals surface area (Å²) < 4.78 is 0. The third-order valence-corrected chi connectivity index (χ3v) is 5.63. The van der Waals surface area contributed by atoms with Crippen molar-refractivity contribution in [3.05, 3.63) is 0 Å². The van der Waals surface area contributed by atoms with E-state index < -0.39 is 11.5 Å². The van der Waals surface area contributed by atoms with E-state index in [4.69, 9.17) is 5.73 Å². The molecule has 0 radical (unpaired) electrons. The van der Waals surface area contributed by atoms with E-state index in [0.29, 0.717) is 12.8 Å². The highest BCUT2D eigenvalue weighted by atomic mass is 16.4. The number of carboxylic acid groups (broad SMARTS) is 1. The molecule has 0 heterocycles. The summed E-state index contributed by atoms with van der Waals surface area (Å²) in [5, 5.41) is 9.53. The van der Waals surface area contributed by atoms with E-state index >= 15 is 0 Å². The van der Waals surface area contributed by atoms with Crippen LogP contribution >= 0.6 is 0 Å². The number of hydrogen-bond acceptors (Lipinski definition) is 2. The van der Waals surface area contributed by atoms with Crippen LogP contribution in [0.3, 0.4) is 0 Å². The van der Waals surface area contributed by atoms with Crippen molar-refractivity contribution < 1.29 is 9.90 Å². The van der Waals surface area contributed by atoms with Gasteiger partial charge in [-0.25, -0.2) is 0 Å². The predicted octanol–water partition coefficient (Wildman–Crippen LogP) is 7.22. The topological polar surface area (TPSA) is 63.3 Å². The third-order valence-electron chi connectivity index (χ3n) is 5.63. The molecule has 0 bridgehead atoms. The zero-order valence-corrected chi connectivity index (χ0v) is 17.9. The zero-order chi connectivity index (χ0) is 19.5. The lowest BCUT2D eigenvalue weighted by Gasteiger charge is -2.24. The third kappa shape index (κ3) is 14.6. The first kappa shape index (κ1) is 25.4. The van der Waals surface area contributed by atoms with Crippen LogP contribution in [0, 0.1) is 0 Å². The van der Waals surface area contributed by atoms with Gasteiger partial charge in [-0.3, -0.25) is 4.79 Å². The highest BCUT2D eigenvalue weighted by Gasteiger charge is 2.32. The summed E-state index contributed by atoms with van der Waals surface area (Å²) in [4.78, 5) is 11.6. The summed E-state index contributed by atoms with van der Waals surface area (Å²) in [7, 11) is 0. The van der Waals surface area contributed by atoms with Crippen molar-refractivity contribution in [1.82, 2.24) is 0 Å². The Hall–Kier alpha value is -0.570. The maximum atomic E-state index is 11.6. The molecule has 0 aromatic rings. The van der Waals surface area contributed by atoms with Gasteiger partial charge in [0.1, 0.15) is 5.54 Å². The van der Waals surface area contributed by atoms with E-state index in [1.54, 1.807) is 0 Å². The Morgan fingerprint density at radius 1 is 0.615 bits per heavy atom. The molecule has 1 atom stereocenters. The second-order valence-electron chi connectivity index (χ2n) is 8.26. The average molecular weight is 370 g/mol. The monoisotopic (exact) mass is 369 g/mol. The van der Waals surface area contributed by atoms with Crippen molar-refractivity contribution in [2.24, 2.45) is 5.73 Å². The highest BCUT2D eigenvalue weighted by Crippen LogP contribution is 2.22. The molecule has 0 unspecified atom stereocenters. The van der Waals surface area contributed by atoms with Crippen LogP contribution in [-0.2, 0) is 4.79 Å². The van der Waals surface area contributed by atoms with E-state index in [0.717, 1.165) is 25.7 Å². The lowest BCUT2D eigenvalue weighted by Crippen LogP contribution is -2.47. The molecule has 0 aromatic heterocycles. The van der Waals surface area contributed by atoms with E-state index in [1.165, 1.54) is 83.5 Å². The average Bonchev–Trinajstić information content (AvgIpc) is 2.62. The second-order valence-corrected chi connectivity index (χ2v) is 8.26. The molecule has 3 N–H and O–H groups in total. The standard InChI is InChI=1S/C23H47NO2/c1-3-5-7-9-11-13-15-17-19-21-23(24,22(25)26)20-18-16-14-12-10-8-6-4-2/h3-21,24H2,1-2H3,(H,25,26)/t23-/m0/s1. The Morgan fingerprint density at radius 3 is 1.15 bits per heavy atom. The number of nitrogens with two attached hydrogens (primary N) is 1. The van der Waals surface area contributed by atoms with Crippen molar-refractivity contribution in [2.45, 2.75) is 141 Å². The first-order chi connectivity index (χ1) is 12.6. The maximum Gasteiger partial charge on any atom is 0.323 e. The van der Waals surface area contributed by atoms with Gasteiger partial charge in [0.25, 0.3) is 0 Å². The molecule has 0 fully saturated rings. The van der Waals surface area contributed by atoms with Crippen LogP contribution in [-0.4, -0.2) is 16.6 Å². The fourth-order valence-corrected chi connectivity index (χ4v) is 3.66. The number of rotatable bonds is 20. The molecule has 3 heteroatoms. The Kier molecular flexibility index (Phi) is 17.4. The molecule has 26 heavy (non-hydrogen) atoms. The fraction of sp³-hybridized carbons (Fsp3) is 0.957. The minimum atomic E-state index is -0.997. The SMILES string of the molecule is CCCCCCCCCCC[C@@](N)(CCCCCCCCCC)C(=O)O. The smallest absolute Gasteiger partial charge is 0.323 e. The summed E-state index contributed by atoms with van der Waals surface area (Å²) in [6.07, 6.45) is 22.4. The number of hydrogen-bond donors (Lipinski definition) is 2. The van der Waals surface area contributed by atoms with Crippen LogP contribution in [0.4, 0.5) is 0 Å². The van der Waals surface area contributed by atoms with Gasteiger partial charge in [0.05, 0.1) is 0 Å². The van der Waals surface area contributed by atoms with Crippen LogP contribution in [0.1, 0.15) is 136 Å². The molecule has 156 valence electrons. The first-order valence-corrected chi connectivity index (χ1v) is 11.6. The van der Waals surface area contributed by atoms with Gasteiger partial charge in [0.2, 0.25) is 0 Å². The van der Waals surface area contributed by atoms with Gasteiger partial charge in [-0.15, -0.1) is 0 Å². The molecule has 0 aliphatic heterocycles. The van der Waals surface area contributed by atoms with Gasteiger partial charge in [0, 0.05) is 0 Å². The lowest BCUT2D eigenvalue weighted by molar-refractivity contribution is -0.144. The van der Waals surface area contributed by atoms with E-state index in [9.17, 15) is 9.90 Å². The lowest BCUT2D eigenvalue weighted by atomic mass is 9.87. The number of carbonyl (C=O) groups is 1. The van der Waals surface area contributed by atoms with Crippen molar-refractivity contribution >= 4 is 5.97 Å².